The van der Waals surface area contributed by atoms with Gasteiger partial charge in [-0.1, -0.05) is 35.3 Å². The van der Waals surface area contributed by atoms with E-state index in [1.54, 1.807) is 39.8 Å². The molecule has 1 spiro atoms. The normalized spacial score (nSPS) is 21.2. The lowest BCUT2D eigenvalue weighted by atomic mass is 9.78. The lowest BCUT2D eigenvalue weighted by Gasteiger charge is -2.47. The smallest absolute Gasteiger partial charge is 0.262 e. The first-order valence-electron chi connectivity index (χ1n) is 14.7. The van der Waals surface area contributed by atoms with E-state index in [9.17, 15) is 14.7 Å². The minimum Gasteiger partial charge on any atom is -0.388 e. The number of hydrogen-bond acceptors (Lipinski definition) is 6. The standard InChI is InChI=1S/C32H33Cl2N5O4/c33-23-6-2-22(3-7-23)29(40)37-14-12-31(42,13-15-37)19-38-20-36-28-25(30(38)41)16-27(34)39(28)24-8-4-21(5-9-24)26-17-43-32(18-35-26)10-1-11-32/h2-9,16,20,26,35,42H,1,10-15,17-19H2/t26-/m0/s1. The maximum absolute atomic E-state index is 13.5. The van der Waals surface area contributed by atoms with Crippen LogP contribution in [0.25, 0.3) is 16.7 Å². The van der Waals surface area contributed by atoms with Gasteiger partial charge in [0.2, 0.25) is 0 Å². The minimum atomic E-state index is -1.15. The van der Waals surface area contributed by atoms with E-state index in [1.165, 1.54) is 17.3 Å². The predicted molar refractivity (Wildman–Crippen MR) is 165 cm³/mol. The Labute approximate surface area is 259 Å². The van der Waals surface area contributed by atoms with Crippen molar-refractivity contribution in [3.8, 4) is 5.69 Å². The Bertz CT molecular complexity index is 1710. The van der Waals surface area contributed by atoms with Crippen LogP contribution in [0.4, 0.5) is 0 Å². The van der Waals surface area contributed by atoms with Gasteiger partial charge in [-0.2, -0.15) is 0 Å². The van der Waals surface area contributed by atoms with Gasteiger partial charge in [-0.15, -0.1) is 0 Å². The third-order valence-electron chi connectivity index (χ3n) is 9.32. The molecule has 0 unspecified atom stereocenters. The Morgan fingerprint density at radius 1 is 1.05 bits per heavy atom. The number of halogens is 2. The highest BCUT2D eigenvalue weighted by atomic mass is 35.5. The molecular formula is C32H33Cl2N5O4. The number of hydrogen-bond donors (Lipinski definition) is 2. The van der Waals surface area contributed by atoms with E-state index >= 15 is 0 Å². The molecule has 43 heavy (non-hydrogen) atoms. The molecule has 3 fully saturated rings. The molecule has 2 aliphatic heterocycles. The number of benzene rings is 2. The van der Waals surface area contributed by atoms with Crippen LogP contribution >= 0.6 is 23.2 Å². The van der Waals surface area contributed by atoms with Gasteiger partial charge in [0.15, 0.2) is 5.65 Å². The average Bonchev–Trinajstić information content (AvgIpc) is 3.35. The Kier molecular flexibility index (Phi) is 7.34. The number of likely N-dealkylation sites (tertiary alicyclic amines) is 1. The van der Waals surface area contributed by atoms with Crippen LogP contribution < -0.4 is 10.9 Å². The molecule has 2 aromatic carbocycles. The van der Waals surface area contributed by atoms with Gasteiger partial charge in [0.25, 0.3) is 11.5 Å². The first kappa shape index (κ1) is 28.6. The number of ether oxygens (including phenoxy) is 1. The average molecular weight is 623 g/mol. The molecule has 1 atom stereocenters. The van der Waals surface area contributed by atoms with Crippen LogP contribution in [0.5, 0.6) is 0 Å². The molecule has 2 N–H and O–H groups in total. The number of piperidine rings is 1. The van der Waals surface area contributed by atoms with Crippen LogP contribution in [-0.4, -0.2) is 67.5 Å². The summed E-state index contributed by atoms with van der Waals surface area (Å²) in [6.45, 7) is 2.36. The van der Waals surface area contributed by atoms with Crippen molar-refractivity contribution in [2.24, 2.45) is 0 Å². The highest BCUT2D eigenvalue weighted by Crippen LogP contribution is 2.39. The number of nitrogens with zero attached hydrogens (tertiary/aromatic N) is 4. The predicted octanol–water partition coefficient (Wildman–Crippen LogP) is 4.74. The van der Waals surface area contributed by atoms with Crippen LogP contribution in [0.15, 0.2) is 65.7 Å². The van der Waals surface area contributed by atoms with Crippen LogP contribution in [-0.2, 0) is 11.3 Å². The van der Waals surface area contributed by atoms with Crippen molar-refractivity contribution < 1.29 is 14.6 Å². The number of aliphatic hydroxyl groups is 1. The number of morpholine rings is 1. The maximum atomic E-state index is 13.5. The van der Waals surface area contributed by atoms with Gasteiger partial charge in [-0.3, -0.25) is 18.7 Å². The zero-order valence-corrected chi connectivity index (χ0v) is 25.2. The highest BCUT2D eigenvalue weighted by molar-refractivity contribution is 6.31. The molecular weight excluding hydrogens is 589 g/mol. The fourth-order valence-electron chi connectivity index (χ4n) is 6.46. The van der Waals surface area contributed by atoms with Crippen molar-refractivity contribution in [1.29, 1.82) is 0 Å². The van der Waals surface area contributed by atoms with E-state index in [0.29, 0.717) is 59.3 Å². The van der Waals surface area contributed by atoms with Gasteiger partial charge in [0.1, 0.15) is 11.5 Å². The largest absolute Gasteiger partial charge is 0.388 e. The summed E-state index contributed by atoms with van der Waals surface area (Å²) in [4.78, 5) is 32.7. The fraction of sp³-hybridized carbons (Fsp3) is 0.406. The molecule has 1 saturated carbocycles. The van der Waals surface area contributed by atoms with Crippen molar-refractivity contribution in [2.75, 3.05) is 26.2 Å². The third kappa shape index (κ3) is 5.38. The molecule has 11 heteroatoms. The number of nitrogens with one attached hydrogen (secondary N) is 1. The lowest BCUT2D eigenvalue weighted by molar-refractivity contribution is -0.130. The lowest BCUT2D eigenvalue weighted by Crippen LogP contribution is -2.54. The molecule has 2 saturated heterocycles. The molecule has 1 aliphatic carbocycles. The van der Waals surface area contributed by atoms with Crippen LogP contribution in [0, 0.1) is 0 Å². The van der Waals surface area contributed by atoms with E-state index in [1.807, 2.05) is 12.1 Å². The minimum absolute atomic E-state index is 0.0383. The number of carbonyl (C=O) groups is 1. The first-order valence-corrected chi connectivity index (χ1v) is 15.5. The monoisotopic (exact) mass is 621 g/mol. The van der Waals surface area contributed by atoms with E-state index in [-0.39, 0.29) is 29.7 Å². The van der Waals surface area contributed by atoms with Crippen molar-refractivity contribution in [3.63, 3.8) is 0 Å². The van der Waals surface area contributed by atoms with Gasteiger partial charge < -0.3 is 20.1 Å². The van der Waals surface area contributed by atoms with E-state index in [2.05, 4.69) is 22.4 Å². The summed E-state index contributed by atoms with van der Waals surface area (Å²) in [7, 11) is 0. The second-order valence-electron chi connectivity index (χ2n) is 12.1. The summed E-state index contributed by atoms with van der Waals surface area (Å²) >= 11 is 12.6. The zero-order valence-electron chi connectivity index (χ0n) is 23.6. The summed E-state index contributed by atoms with van der Waals surface area (Å²) in [5, 5.41) is 16.3. The van der Waals surface area contributed by atoms with Crippen molar-refractivity contribution >= 4 is 40.1 Å². The van der Waals surface area contributed by atoms with Crippen molar-refractivity contribution in [1.82, 2.24) is 24.3 Å². The SMILES string of the molecule is O=C(c1ccc(Cl)cc1)N1CCC(O)(Cn2cnc3c(cc(Cl)n3-c3ccc([C@@H]4COC5(CCC5)CN4)cc3)c2=O)CC1. The van der Waals surface area contributed by atoms with Gasteiger partial charge in [0, 0.05) is 35.9 Å². The third-order valence-corrected chi connectivity index (χ3v) is 9.85. The Hall–Kier alpha value is -3.21. The van der Waals surface area contributed by atoms with Gasteiger partial charge in [0.05, 0.1) is 35.8 Å². The molecule has 2 aromatic heterocycles. The fourth-order valence-corrected chi connectivity index (χ4v) is 6.87. The number of carbonyl (C=O) groups excluding carboxylic acids is 1. The first-order chi connectivity index (χ1) is 20.7. The molecule has 0 radical (unpaired) electrons. The molecule has 4 aromatic rings. The van der Waals surface area contributed by atoms with Crippen LogP contribution in [0.3, 0.4) is 0 Å². The number of amides is 1. The number of rotatable bonds is 5. The molecule has 3 aliphatic rings. The molecule has 224 valence electrons. The van der Waals surface area contributed by atoms with Crippen LogP contribution in [0.2, 0.25) is 10.2 Å². The molecule has 9 nitrogen and oxygen atoms in total. The van der Waals surface area contributed by atoms with Gasteiger partial charge in [-0.05, 0) is 80.1 Å². The Morgan fingerprint density at radius 3 is 2.40 bits per heavy atom. The van der Waals surface area contributed by atoms with Crippen LogP contribution in [0.1, 0.15) is 54.1 Å². The Morgan fingerprint density at radius 2 is 1.77 bits per heavy atom. The topological polar surface area (TPSA) is 102 Å². The summed E-state index contributed by atoms with van der Waals surface area (Å²) < 4.78 is 9.39. The quantitative estimate of drug-likeness (QED) is 0.334. The highest BCUT2D eigenvalue weighted by Gasteiger charge is 2.41. The van der Waals surface area contributed by atoms with Crippen molar-refractivity contribution in [3.05, 3.63) is 92.6 Å². The van der Waals surface area contributed by atoms with Crippen molar-refractivity contribution in [2.45, 2.75) is 55.9 Å². The number of aromatic nitrogens is 3. The zero-order chi connectivity index (χ0) is 29.8. The van der Waals surface area contributed by atoms with Gasteiger partial charge >= 0.3 is 0 Å². The second kappa shape index (κ2) is 11.1. The summed E-state index contributed by atoms with van der Waals surface area (Å²) in [6, 6.07) is 16.6. The molecule has 1 amide bonds. The molecule has 0 bridgehead atoms. The van der Waals surface area contributed by atoms with E-state index in [4.69, 9.17) is 27.9 Å². The summed E-state index contributed by atoms with van der Waals surface area (Å²) in [5.74, 6) is -0.103. The summed E-state index contributed by atoms with van der Waals surface area (Å²) in [5.41, 5.74) is 1.57. The van der Waals surface area contributed by atoms with Gasteiger partial charge in [-0.25, -0.2) is 4.98 Å². The number of fused-ring (bicyclic) bond motifs is 1. The van der Waals surface area contributed by atoms with E-state index < -0.39 is 5.60 Å². The summed E-state index contributed by atoms with van der Waals surface area (Å²) in [6.07, 6.45) is 5.64. The van der Waals surface area contributed by atoms with E-state index in [0.717, 1.165) is 30.6 Å². The molecule has 4 heterocycles. The Balaban J connectivity index is 1.05. The molecule has 7 rings (SSSR count). The second-order valence-corrected chi connectivity index (χ2v) is 12.9. The maximum Gasteiger partial charge on any atom is 0.262 e.